The zero-order valence-electron chi connectivity index (χ0n) is 19.4. The number of aryl methyl sites for hydroxylation is 1. The molecular weight excluding hydrogens is 456 g/mol. The van der Waals surface area contributed by atoms with Crippen molar-refractivity contribution in [2.75, 3.05) is 11.9 Å². The van der Waals surface area contributed by atoms with Gasteiger partial charge in [-0.15, -0.1) is 5.10 Å². The van der Waals surface area contributed by atoms with E-state index in [1.807, 2.05) is 97.9 Å². The molecule has 0 radical (unpaired) electrons. The van der Waals surface area contributed by atoms with E-state index in [1.54, 1.807) is 15.4 Å². The van der Waals surface area contributed by atoms with E-state index in [4.69, 9.17) is 4.74 Å². The van der Waals surface area contributed by atoms with E-state index in [0.29, 0.717) is 11.6 Å². The van der Waals surface area contributed by atoms with Crippen LogP contribution in [0.25, 0.3) is 22.8 Å². The quantitative estimate of drug-likeness (QED) is 0.351. The molecule has 9 heteroatoms. The number of esters is 1. The third-order valence-electron chi connectivity index (χ3n) is 5.26. The topological polar surface area (TPSA) is 104 Å². The number of ether oxygens (including phenoxy) is 1. The van der Waals surface area contributed by atoms with Gasteiger partial charge >= 0.3 is 5.97 Å². The lowest BCUT2D eigenvalue weighted by Gasteiger charge is -2.08. The summed E-state index contributed by atoms with van der Waals surface area (Å²) in [6.45, 7) is 1.33. The molecule has 36 heavy (non-hydrogen) atoms. The lowest BCUT2D eigenvalue weighted by molar-refractivity contribution is -0.119. The molecule has 0 aliphatic carbocycles. The van der Waals surface area contributed by atoms with Crippen molar-refractivity contribution in [3.05, 3.63) is 109 Å². The Balaban J connectivity index is 1.32. The molecule has 0 saturated carbocycles. The van der Waals surface area contributed by atoms with Crippen LogP contribution in [0.15, 0.2) is 97.1 Å². The molecule has 5 aromatic rings. The van der Waals surface area contributed by atoms with Crippen LogP contribution in [0.4, 0.5) is 5.82 Å². The highest BCUT2D eigenvalue weighted by Crippen LogP contribution is 2.21. The highest BCUT2D eigenvalue weighted by molar-refractivity contribution is 5.94. The van der Waals surface area contributed by atoms with Crippen LogP contribution in [0.3, 0.4) is 0 Å². The molecule has 0 aliphatic heterocycles. The maximum atomic E-state index is 12.8. The SMILES string of the molecule is Cc1cc(NC(=O)COC(=O)c2nc(-c3ccccc3)n(-c3ccccc3)n2)n(-c2ccccc2)n1. The average molecular weight is 479 g/mol. The fourth-order valence-electron chi connectivity index (χ4n) is 3.65. The number of aromatic nitrogens is 5. The Labute approximate surface area is 207 Å². The zero-order chi connectivity index (χ0) is 24.9. The standard InChI is InChI=1S/C27H22N6O3/c1-19-17-23(32(30-19)21-13-7-3-8-14-21)28-24(34)18-36-27(35)25-29-26(20-11-5-2-6-12-20)33(31-25)22-15-9-4-10-16-22/h2-17H,18H2,1H3,(H,28,34). The van der Waals surface area contributed by atoms with Crippen LogP contribution in [-0.2, 0) is 9.53 Å². The smallest absolute Gasteiger partial charge is 0.378 e. The van der Waals surface area contributed by atoms with Crippen molar-refractivity contribution in [1.82, 2.24) is 24.5 Å². The number of para-hydroxylation sites is 2. The van der Waals surface area contributed by atoms with Gasteiger partial charge in [-0.3, -0.25) is 4.79 Å². The van der Waals surface area contributed by atoms with Gasteiger partial charge in [-0.25, -0.2) is 19.1 Å². The molecule has 5 rings (SSSR count). The third kappa shape index (κ3) is 4.90. The van der Waals surface area contributed by atoms with Gasteiger partial charge in [-0.05, 0) is 31.2 Å². The van der Waals surface area contributed by atoms with E-state index < -0.39 is 18.5 Å². The minimum Gasteiger partial charge on any atom is -0.450 e. The lowest BCUT2D eigenvalue weighted by atomic mass is 10.2. The fraction of sp³-hybridized carbons (Fsp3) is 0.0741. The number of nitrogens with one attached hydrogen (secondary N) is 1. The molecule has 1 N–H and O–H groups in total. The monoisotopic (exact) mass is 478 g/mol. The second-order valence-electron chi connectivity index (χ2n) is 7.92. The Bertz CT molecular complexity index is 1440. The van der Waals surface area contributed by atoms with Gasteiger partial charge in [0.05, 0.1) is 17.1 Å². The summed E-state index contributed by atoms with van der Waals surface area (Å²) in [5, 5.41) is 11.5. The maximum Gasteiger partial charge on any atom is 0.378 e. The third-order valence-corrected chi connectivity index (χ3v) is 5.26. The lowest BCUT2D eigenvalue weighted by Crippen LogP contribution is -2.22. The van der Waals surface area contributed by atoms with Crippen LogP contribution in [0.2, 0.25) is 0 Å². The van der Waals surface area contributed by atoms with Crippen molar-refractivity contribution in [3.8, 4) is 22.8 Å². The second kappa shape index (κ2) is 10.1. The maximum absolute atomic E-state index is 12.8. The molecule has 2 heterocycles. The summed E-state index contributed by atoms with van der Waals surface area (Å²) in [5.74, 6) is -0.496. The number of carbonyl (C=O) groups is 2. The summed E-state index contributed by atoms with van der Waals surface area (Å²) in [5.41, 5.74) is 3.05. The molecule has 3 aromatic carbocycles. The molecule has 0 bridgehead atoms. The molecule has 0 unspecified atom stereocenters. The van der Waals surface area contributed by atoms with Crippen molar-refractivity contribution in [1.29, 1.82) is 0 Å². The van der Waals surface area contributed by atoms with Crippen molar-refractivity contribution < 1.29 is 14.3 Å². The highest BCUT2D eigenvalue weighted by atomic mass is 16.5. The Hall–Kier alpha value is -5.05. The number of anilines is 1. The van der Waals surface area contributed by atoms with Gasteiger partial charge in [0, 0.05) is 11.6 Å². The van der Waals surface area contributed by atoms with Crippen molar-refractivity contribution in [2.24, 2.45) is 0 Å². The number of amides is 1. The molecule has 1 amide bonds. The van der Waals surface area contributed by atoms with Crippen LogP contribution in [0.5, 0.6) is 0 Å². The number of benzene rings is 3. The first-order valence-corrected chi connectivity index (χ1v) is 11.3. The predicted octanol–water partition coefficient (Wildman–Crippen LogP) is 4.22. The van der Waals surface area contributed by atoms with Gasteiger partial charge in [-0.1, -0.05) is 66.7 Å². The van der Waals surface area contributed by atoms with Gasteiger partial charge in [0.1, 0.15) is 5.82 Å². The molecule has 2 aromatic heterocycles. The summed E-state index contributed by atoms with van der Waals surface area (Å²) in [6, 6.07) is 29.9. The van der Waals surface area contributed by atoms with E-state index in [2.05, 4.69) is 20.5 Å². The van der Waals surface area contributed by atoms with Crippen LogP contribution < -0.4 is 5.32 Å². The van der Waals surface area contributed by atoms with E-state index in [-0.39, 0.29) is 5.82 Å². The molecule has 0 atom stereocenters. The number of hydrogen-bond acceptors (Lipinski definition) is 6. The molecular formula is C27H22N6O3. The number of nitrogens with zero attached hydrogens (tertiary/aromatic N) is 5. The second-order valence-corrected chi connectivity index (χ2v) is 7.92. The Morgan fingerprint density at radius 3 is 2.03 bits per heavy atom. The first-order valence-electron chi connectivity index (χ1n) is 11.3. The normalized spacial score (nSPS) is 10.7. The minimum absolute atomic E-state index is 0.143. The van der Waals surface area contributed by atoms with Crippen molar-refractivity contribution in [2.45, 2.75) is 6.92 Å². The Morgan fingerprint density at radius 1 is 0.806 bits per heavy atom. The minimum atomic E-state index is -0.801. The average Bonchev–Trinajstić information content (AvgIpc) is 3.53. The first kappa shape index (κ1) is 22.7. The van der Waals surface area contributed by atoms with Gasteiger partial charge < -0.3 is 10.1 Å². The van der Waals surface area contributed by atoms with Crippen LogP contribution in [-0.4, -0.2) is 43.0 Å². The van der Waals surface area contributed by atoms with E-state index in [0.717, 1.165) is 22.6 Å². The first-order chi connectivity index (χ1) is 17.6. The Morgan fingerprint density at radius 2 is 1.39 bits per heavy atom. The van der Waals surface area contributed by atoms with E-state index in [9.17, 15) is 9.59 Å². The van der Waals surface area contributed by atoms with Gasteiger partial charge in [0.15, 0.2) is 12.4 Å². The fourth-order valence-corrected chi connectivity index (χ4v) is 3.65. The summed E-state index contributed by atoms with van der Waals surface area (Å²) >= 11 is 0. The molecule has 0 aliphatic rings. The van der Waals surface area contributed by atoms with Crippen LogP contribution in [0.1, 0.15) is 16.3 Å². The van der Waals surface area contributed by atoms with Crippen LogP contribution in [0, 0.1) is 6.92 Å². The zero-order valence-corrected chi connectivity index (χ0v) is 19.4. The van der Waals surface area contributed by atoms with E-state index in [1.165, 1.54) is 0 Å². The number of carbonyl (C=O) groups excluding carboxylic acids is 2. The summed E-state index contributed by atoms with van der Waals surface area (Å²) < 4.78 is 8.43. The summed E-state index contributed by atoms with van der Waals surface area (Å²) in [6.07, 6.45) is 0. The largest absolute Gasteiger partial charge is 0.450 e. The van der Waals surface area contributed by atoms with Gasteiger partial charge in [0.2, 0.25) is 0 Å². The van der Waals surface area contributed by atoms with Gasteiger partial charge in [-0.2, -0.15) is 5.10 Å². The highest BCUT2D eigenvalue weighted by Gasteiger charge is 2.21. The molecule has 0 saturated heterocycles. The summed E-state index contributed by atoms with van der Waals surface area (Å²) in [7, 11) is 0. The predicted molar refractivity (Wildman–Crippen MR) is 134 cm³/mol. The number of hydrogen-bond donors (Lipinski definition) is 1. The Kier molecular flexibility index (Phi) is 6.35. The van der Waals surface area contributed by atoms with Crippen molar-refractivity contribution in [3.63, 3.8) is 0 Å². The van der Waals surface area contributed by atoms with Crippen LogP contribution >= 0.6 is 0 Å². The van der Waals surface area contributed by atoms with E-state index >= 15 is 0 Å². The number of rotatable bonds is 7. The molecule has 0 spiro atoms. The molecule has 178 valence electrons. The van der Waals surface area contributed by atoms with Gasteiger partial charge in [0.25, 0.3) is 11.7 Å². The molecule has 0 fully saturated rings. The summed E-state index contributed by atoms with van der Waals surface area (Å²) in [4.78, 5) is 29.8. The molecule has 9 nitrogen and oxygen atoms in total. The van der Waals surface area contributed by atoms with Crippen molar-refractivity contribution >= 4 is 17.7 Å².